The Labute approximate surface area is 179 Å². The van der Waals surface area contributed by atoms with E-state index in [4.69, 9.17) is 15.9 Å². The zero-order valence-corrected chi connectivity index (χ0v) is 17.3. The lowest BCUT2D eigenvalue weighted by Gasteiger charge is -2.13. The number of alkyl halides is 3. The van der Waals surface area contributed by atoms with E-state index in [1.807, 2.05) is 6.92 Å². The number of hydrogen-bond acceptors (Lipinski definition) is 3. The third-order valence-electron chi connectivity index (χ3n) is 4.07. The van der Waals surface area contributed by atoms with Gasteiger partial charge in [-0.1, -0.05) is 12.0 Å². The fourth-order valence-corrected chi connectivity index (χ4v) is 3.65. The maximum Gasteiger partial charge on any atom is 0.416 e. The van der Waals surface area contributed by atoms with Crippen LogP contribution in [0.15, 0.2) is 30.3 Å². The zero-order chi connectivity index (χ0) is 21.2. The van der Waals surface area contributed by atoms with Gasteiger partial charge in [-0.05, 0) is 65.4 Å². The minimum absolute atomic E-state index is 0.0772. The van der Waals surface area contributed by atoms with Crippen LogP contribution in [0, 0.1) is 15.9 Å². The highest BCUT2D eigenvalue weighted by atomic mass is 127. The number of fused-ring (bicyclic) bond motifs is 1. The molecule has 4 nitrogen and oxygen atoms in total. The molecule has 0 bridgehead atoms. The zero-order valence-electron chi connectivity index (χ0n) is 15.2. The molecule has 0 aromatic heterocycles. The molecule has 2 aromatic rings. The molecule has 0 aliphatic carbocycles. The Hall–Kier alpha value is -2.67. The molecular weight excluding hydrogens is 498 g/mol. The summed E-state index contributed by atoms with van der Waals surface area (Å²) in [5, 5.41) is 2.49. The smallest absolute Gasteiger partial charge is 0.416 e. The van der Waals surface area contributed by atoms with Crippen LogP contribution in [0.5, 0.6) is 11.5 Å². The Morgan fingerprint density at radius 1 is 1.24 bits per heavy atom. The van der Waals surface area contributed by atoms with Crippen molar-refractivity contribution in [2.24, 2.45) is 0 Å². The van der Waals surface area contributed by atoms with Gasteiger partial charge >= 0.3 is 6.18 Å². The highest BCUT2D eigenvalue weighted by molar-refractivity contribution is 14.1. The van der Waals surface area contributed by atoms with Crippen molar-refractivity contribution in [3.63, 3.8) is 0 Å². The second-order valence-corrected chi connectivity index (χ2v) is 7.19. The summed E-state index contributed by atoms with van der Waals surface area (Å²) < 4.78 is 50.6. The Morgan fingerprint density at radius 3 is 2.66 bits per heavy atom. The lowest BCUT2D eigenvalue weighted by Crippen LogP contribution is -2.06. The van der Waals surface area contributed by atoms with Crippen LogP contribution in [0.2, 0.25) is 0 Å². The monoisotopic (exact) mass is 513 g/mol. The average molecular weight is 513 g/mol. The van der Waals surface area contributed by atoms with Gasteiger partial charge in [0.05, 0.1) is 15.7 Å². The summed E-state index contributed by atoms with van der Waals surface area (Å²) in [4.78, 5) is 12.4. The molecular formula is C21H15F3INO3. The van der Waals surface area contributed by atoms with Gasteiger partial charge in [0.25, 0.3) is 5.91 Å². The Balaban J connectivity index is 2.03. The summed E-state index contributed by atoms with van der Waals surface area (Å²) in [5.74, 6) is 2.88. The molecule has 0 saturated heterocycles. The molecule has 0 fully saturated rings. The van der Waals surface area contributed by atoms with Gasteiger partial charge in [0.2, 0.25) is 0 Å². The van der Waals surface area contributed by atoms with Crippen molar-refractivity contribution < 1.29 is 27.4 Å². The van der Waals surface area contributed by atoms with Crippen LogP contribution in [0.4, 0.5) is 18.9 Å². The van der Waals surface area contributed by atoms with E-state index in [2.05, 4.69) is 33.8 Å². The Bertz CT molecular complexity index is 1040. The molecule has 29 heavy (non-hydrogen) atoms. The first-order chi connectivity index (χ1) is 13.7. The minimum Gasteiger partial charge on any atom is -0.490 e. The summed E-state index contributed by atoms with van der Waals surface area (Å²) in [7, 11) is 0. The number of rotatable bonds is 5. The molecule has 2 aromatic carbocycles. The number of ether oxygens (including phenoxy) is 2. The van der Waals surface area contributed by atoms with E-state index in [9.17, 15) is 18.0 Å². The van der Waals surface area contributed by atoms with E-state index in [1.165, 1.54) is 6.07 Å². The van der Waals surface area contributed by atoms with E-state index in [1.54, 1.807) is 18.2 Å². The lowest BCUT2D eigenvalue weighted by molar-refractivity contribution is -0.137. The van der Waals surface area contributed by atoms with Gasteiger partial charge in [-0.25, -0.2) is 0 Å². The number of hydrogen-bond donors (Lipinski definition) is 1. The fourth-order valence-electron chi connectivity index (χ4n) is 2.87. The second-order valence-electron chi connectivity index (χ2n) is 6.03. The van der Waals surface area contributed by atoms with Crippen molar-refractivity contribution in [2.75, 3.05) is 18.5 Å². The lowest BCUT2D eigenvalue weighted by atomic mass is 10.0. The van der Waals surface area contributed by atoms with Crippen molar-refractivity contribution in [3.8, 4) is 23.8 Å². The molecule has 0 unspecified atom stereocenters. The van der Waals surface area contributed by atoms with Crippen LogP contribution in [0.1, 0.15) is 23.6 Å². The van der Waals surface area contributed by atoms with Gasteiger partial charge in [-0.15, -0.1) is 6.42 Å². The molecule has 3 rings (SSSR count). The molecule has 1 amide bonds. The first kappa shape index (κ1) is 21.0. The van der Waals surface area contributed by atoms with Gasteiger partial charge in [0.15, 0.2) is 11.5 Å². The quantitative estimate of drug-likeness (QED) is 0.339. The number of anilines is 1. The van der Waals surface area contributed by atoms with Crippen molar-refractivity contribution in [2.45, 2.75) is 13.1 Å². The number of carbonyl (C=O) groups is 1. The van der Waals surface area contributed by atoms with Gasteiger partial charge in [-0.3, -0.25) is 4.79 Å². The van der Waals surface area contributed by atoms with E-state index in [0.29, 0.717) is 29.2 Å². The number of nitrogens with one attached hydrogen (secondary N) is 1. The van der Waals surface area contributed by atoms with Gasteiger partial charge in [0, 0.05) is 16.8 Å². The molecule has 150 valence electrons. The number of terminal acetylenes is 1. The maximum absolute atomic E-state index is 12.9. The highest BCUT2D eigenvalue weighted by Gasteiger charge is 2.33. The second kappa shape index (κ2) is 8.37. The first-order valence-corrected chi connectivity index (χ1v) is 9.59. The normalized spacial score (nSPS) is 14.3. The molecule has 1 N–H and O–H groups in total. The average Bonchev–Trinajstić information content (AvgIpc) is 2.95. The SMILES string of the molecule is C#CCOc1c(I)cc(/C=C2\C(=O)Nc3cc(C(F)(F)F)ccc32)cc1OCC. The first-order valence-electron chi connectivity index (χ1n) is 8.52. The van der Waals surface area contributed by atoms with E-state index >= 15 is 0 Å². The van der Waals surface area contributed by atoms with Crippen LogP contribution in [-0.4, -0.2) is 19.1 Å². The number of halogens is 4. The van der Waals surface area contributed by atoms with Crippen molar-refractivity contribution in [1.82, 2.24) is 0 Å². The number of carbonyl (C=O) groups excluding carboxylic acids is 1. The van der Waals surface area contributed by atoms with Crippen molar-refractivity contribution in [1.29, 1.82) is 0 Å². The van der Waals surface area contributed by atoms with Crippen molar-refractivity contribution >= 4 is 45.8 Å². The minimum atomic E-state index is -4.48. The molecule has 1 aliphatic heterocycles. The molecule has 1 heterocycles. The van der Waals surface area contributed by atoms with E-state index in [0.717, 1.165) is 15.7 Å². The summed E-state index contributed by atoms with van der Waals surface area (Å²) in [6.07, 6.45) is 2.36. The summed E-state index contributed by atoms with van der Waals surface area (Å²) in [5.41, 5.74) is 0.627. The summed E-state index contributed by atoms with van der Waals surface area (Å²) in [6, 6.07) is 6.65. The van der Waals surface area contributed by atoms with Crippen LogP contribution in [0.25, 0.3) is 11.6 Å². The molecule has 8 heteroatoms. The highest BCUT2D eigenvalue weighted by Crippen LogP contribution is 2.40. The van der Waals surface area contributed by atoms with Crippen LogP contribution < -0.4 is 14.8 Å². The number of amides is 1. The topological polar surface area (TPSA) is 47.6 Å². The fraction of sp³-hybridized carbons (Fsp3) is 0.190. The summed E-state index contributed by atoms with van der Waals surface area (Å²) in [6.45, 7) is 2.29. The largest absolute Gasteiger partial charge is 0.490 e. The standard InChI is InChI=1S/C21H15F3INO3/c1-3-7-29-19-16(25)9-12(10-18(19)28-4-2)8-15-14-6-5-13(21(22,23)24)11-17(14)26-20(15)27/h1,5-6,8-11H,4,7H2,2H3,(H,26,27)/b15-8-. The molecule has 0 saturated carbocycles. The Morgan fingerprint density at radius 2 is 2.00 bits per heavy atom. The molecule has 0 spiro atoms. The molecule has 0 radical (unpaired) electrons. The van der Waals surface area contributed by atoms with Gasteiger partial charge < -0.3 is 14.8 Å². The van der Waals surface area contributed by atoms with Crippen LogP contribution in [0.3, 0.4) is 0 Å². The predicted molar refractivity (Wildman–Crippen MR) is 113 cm³/mol. The van der Waals surface area contributed by atoms with Gasteiger partial charge in [0.1, 0.15) is 6.61 Å². The van der Waals surface area contributed by atoms with E-state index in [-0.39, 0.29) is 17.9 Å². The third-order valence-corrected chi connectivity index (χ3v) is 4.87. The van der Waals surface area contributed by atoms with Crippen LogP contribution >= 0.6 is 22.6 Å². The summed E-state index contributed by atoms with van der Waals surface area (Å²) >= 11 is 2.07. The molecule has 0 atom stereocenters. The van der Waals surface area contributed by atoms with Crippen LogP contribution in [-0.2, 0) is 11.0 Å². The predicted octanol–water partition coefficient (Wildman–Crippen LogP) is 5.21. The number of benzene rings is 2. The van der Waals surface area contributed by atoms with Crippen molar-refractivity contribution in [3.05, 3.63) is 50.6 Å². The molecule has 1 aliphatic rings. The van der Waals surface area contributed by atoms with Gasteiger partial charge in [-0.2, -0.15) is 13.2 Å². The Kier molecular flexibility index (Phi) is 6.07. The maximum atomic E-state index is 12.9. The third kappa shape index (κ3) is 4.50. The van der Waals surface area contributed by atoms with E-state index < -0.39 is 17.6 Å².